The van der Waals surface area contributed by atoms with E-state index < -0.39 is 0 Å². The Kier molecular flexibility index (Phi) is 11.4. The van der Waals surface area contributed by atoms with Crippen LogP contribution < -0.4 is 5.32 Å². The molecule has 0 fully saturated rings. The molecule has 0 aromatic rings. The molecule has 14 heavy (non-hydrogen) atoms. The predicted molar refractivity (Wildman–Crippen MR) is 71.5 cm³/mol. The Morgan fingerprint density at radius 1 is 1.14 bits per heavy atom. The summed E-state index contributed by atoms with van der Waals surface area (Å²) in [6.45, 7) is 6.53. The maximum absolute atomic E-state index is 4.53. The average Bonchev–Trinajstić information content (AvgIpc) is 2.18. The van der Waals surface area contributed by atoms with Crippen molar-refractivity contribution in [3.05, 3.63) is 0 Å². The molecule has 84 valence electrons. The maximum Gasteiger partial charge on any atom is 0.0979 e. The number of thioether (sulfide) groups is 2. The third-order valence-corrected chi connectivity index (χ3v) is 3.10. The van der Waals surface area contributed by atoms with Gasteiger partial charge in [-0.15, -0.1) is 23.5 Å². The van der Waals surface area contributed by atoms with E-state index in [2.05, 4.69) is 31.1 Å². The summed E-state index contributed by atoms with van der Waals surface area (Å²) >= 11 is 3.77. The SMILES string of the molecule is CCCC(=NCSCC)NCSCC. The molecule has 2 nitrogen and oxygen atoms in total. The number of aliphatic imine (C=N–C) groups is 1. The van der Waals surface area contributed by atoms with Gasteiger partial charge in [0.15, 0.2) is 0 Å². The molecule has 0 aliphatic rings. The highest BCUT2D eigenvalue weighted by molar-refractivity contribution is 7.99. The second kappa shape index (κ2) is 11.2. The molecule has 0 heterocycles. The van der Waals surface area contributed by atoms with Gasteiger partial charge in [0.25, 0.3) is 0 Å². The average molecular weight is 234 g/mol. The van der Waals surface area contributed by atoms with E-state index in [0.29, 0.717) is 0 Å². The van der Waals surface area contributed by atoms with Gasteiger partial charge in [-0.1, -0.05) is 20.8 Å². The van der Waals surface area contributed by atoms with Gasteiger partial charge in [0, 0.05) is 6.42 Å². The van der Waals surface area contributed by atoms with Crippen LogP contribution in [-0.2, 0) is 0 Å². The molecular weight excluding hydrogens is 212 g/mol. The highest BCUT2D eigenvalue weighted by atomic mass is 32.2. The Morgan fingerprint density at radius 2 is 1.86 bits per heavy atom. The van der Waals surface area contributed by atoms with Gasteiger partial charge < -0.3 is 5.32 Å². The third-order valence-electron chi connectivity index (χ3n) is 1.62. The van der Waals surface area contributed by atoms with Crippen LogP contribution in [-0.4, -0.2) is 29.1 Å². The van der Waals surface area contributed by atoms with E-state index in [1.54, 1.807) is 0 Å². The molecule has 1 N–H and O–H groups in total. The Morgan fingerprint density at radius 3 is 2.43 bits per heavy atom. The van der Waals surface area contributed by atoms with Crippen molar-refractivity contribution in [1.82, 2.24) is 5.32 Å². The lowest BCUT2D eigenvalue weighted by molar-refractivity contribution is 0.929. The van der Waals surface area contributed by atoms with Crippen molar-refractivity contribution in [2.24, 2.45) is 4.99 Å². The fourth-order valence-corrected chi connectivity index (χ4v) is 1.81. The van der Waals surface area contributed by atoms with Crippen molar-refractivity contribution < 1.29 is 0 Å². The Bertz CT molecular complexity index is 149. The normalized spacial score (nSPS) is 11.8. The van der Waals surface area contributed by atoms with Gasteiger partial charge >= 0.3 is 0 Å². The first-order chi connectivity index (χ1) is 6.85. The van der Waals surface area contributed by atoms with Gasteiger partial charge in [0.1, 0.15) is 0 Å². The van der Waals surface area contributed by atoms with Crippen molar-refractivity contribution in [3.8, 4) is 0 Å². The number of nitrogens with zero attached hydrogens (tertiary/aromatic N) is 1. The van der Waals surface area contributed by atoms with Crippen LogP contribution in [0.5, 0.6) is 0 Å². The van der Waals surface area contributed by atoms with E-state index in [1.165, 1.54) is 12.3 Å². The third kappa shape index (κ3) is 8.75. The fraction of sp³-hybridized carbons (Fsp3) is 0.900. The second-order valence-corrected chi connectivity index (χ2v) is 5.31. The maximum atomic E-state index is 4.53. The van der Waals surface area contributed by atoms with Crippen molar-refractivity contribution in [2.75, 3.05) is 23.3 Å². The number of hydrogen-bond acceptors (Lipinski definition) is 3. The van der Waals surface area contributed by atoms with Crippen LogP contribution in [0.25, 0.3) is 0 Å². The molecule has 0 aliphatic carbocycles. The quantitative estimate of drug-likeness (QED) is 0.302. The topological polar surface area (TPSA) is 24.4 Å². The summed E-state index contributed by atoms with van der Waals surface area (Å²) in [5.74, 6) is 5.37. The molecule has 0 saturated heterocycles. The Balaban J connectivity index is 3.69. The molecule has 0 radical (unpaired) electrons. The van der Waals surface area contributed by atoms with Gasteiger partial charge in [-0.3, -0.25) is 4.99 Å². The smallest absolute Gasteiger partial charge is 0.0979 e. The highest BCUT2D eigenvalue weighted by Gasteiger charge is 1.95. The zero-order chi connectivity index (χ0) is 10.6. The number of amidine groups is 1. The van der Waals surface area contributed by atoms with E-state index in [9.17, 15) is 0 Å². The zero-order valence-electron chi connectivity index (χ0n) is 9.51. The minimum Gasteiger partial charge on any atom is -0.365 e. The summed E-state index contributed by atoms with van der Waals surface area (Å²) < 4.78 is 0. The van der Waals surface area contributed by atoms with Crippen LogP contribution in [0.3, 0.4) is 0 Å². The molecule has 0 bridgehead atoms. The van der Waals surface area contributed by atoms with Crippen molar-refractivity contribution in [3.63, 3.8) is 0 Å². The van der Waals surface area contributed by atoms with Gasteiger partial charge in [0.2, 0.25) is 0 Å². The summed E-state index contributed by atoms with van der Waals surface area (Å²) in [5.41, 5.74) is 0. The fourth-order valence-electron chi connectivity index (χ4n) is 0.911. The van der Waals surface area contributed by atoms with E-state index in [0.717, 1.165) is 29.7 Å². The lowest BCUT2D eigenvalue weighted by atomic mass is 10.3. The van der Waals surface area contributed by atoms with E-state index >= 15 is 0 Å². The largest absolute Gasteiger partial charge is 0.365 e. The molecular formula is C10H22N2S2. The summed E-state index contributed by atoms with van der Waals surface area (Å²) in [7, 11) is 0. The monoisotopic (exact) mass is 234 g/mol. The lowest BCUT2D eigenvalue weighted by Crippen LogP contribution is -2.23. The summed E-state index contributed by atoms with van der Waals surface area (Å²) in [6, 6.07) is 0. The first-order valence-corrected chi connectivity index (χ1v) is 7.58. The molecule has 0 amide bonds. The summed E-state index contributed by atoms with van der Waals surface area (Å²) in [5, 5.41) is 3.38. The molecule has 0 saturated carbocycles. The van der Waals surface area contributed by atoms with Gasteiger partial charge in [-0.05, 0) is 17.9 Å². The van der Waals surface area contributed by atoms with Crippen molar-refractivity contribution in [2.45, 2.75) is 33.6 Å². The highest BCUT2D eigenvalue weighted by Crippen LogP contribution is 2.01. The van der Waals surface area contributed by atoms with Crippen LogP contribution in [0.15, 0.2) is 4.99 Å². The van der Waals surface area contributed by atoms with E-state index in [-0.39, 0.29) is 0 Å². The molecule has 0 atom stereocenters. The molecule has 0 aromatic heterocycles. The molecule has 0 rings (SSSR count). The number of rotatable bonds is 8. The summed E-state index contributed by atoms with van der Waals surface area (Å²) in [4.78, 5) is 4.53. The van der Waals surface area contributed by atoms with Crippen LogP contribution in [0.1, 0.15) is 33.6 Å². The van der Waals surface area contributed by atoms with E-state index in [4.69, 9.17) is 0 Å². The molecule has 0 unspecified atom stereocenters. The second-order valence-electron chi connectivity index (χ2n) is 2.79. The van der Waals surface area contributed by atoms with Gasteiger partial charge in [-0.25, -0.2) is 0 Å². The van der Waals surface area contributed by atoms with Crippen LogP contribution in [0, 0.1) is 0 Å². The first-order valence-electron chi connectivity index (χ1n) is 5.27. The lowest BCUT2D eigenvalue weighted by Gasteiger charge is -2.08. The Hall–Kier alpha value is 0.170. The number of hydrogen-bond donors (Lipinski definition) is 1. The molecule has 0 aliphatic heterocycles. The van der Waals surface area contributed by atoms with Crippen LogP contribution >= 0.6 is 23.5 Å². The predicted octanol–water partition coefficient (Wildman–Crippen LogP) is 3.20. The van der Waals surface area contributed by atoms with E-state index in [1.807, 2.05) is 23.5 Å². The number of nitrogens with one attached hydrogen (secondary N) is 1. The van der Waals surface area contributed by atoms with Crippen LogP contribution in [0.2, 0.25) is 0 Å². The van der Waals surface area contributed by atoms with Crippen LogP contribution in [0.4, 0.5) is 0 Å². The molecule has 4 heteroatoms. The van der Waals surface area contributed by atoms with Crippen molar-refractivity contribution in [1.29, 1.82) is 0 Å². The Labute approximate surface area is 96.7 Å². The first kappa shape index (κ1) is 14.2. The van der Waals surface area contributed by atoms with Crippen molar-refractivity contribution >= 4 is 29.4 Å². The molecule has 0 spiro atoms. The zero-order valence-corrected chi connectivity index (χ0v) is 11.1. The minimum absolute atomic E-state index is 0.898. The standard InChI is InChI=1S/C10H22N2S2/c1-4-7-10(11-8-13-5-2)12-9-14-6-3/h4-9H2,1-3H3,(H,11,12). The van der Waals surface area contributed by atoms with Gasteiger partial charge in [0.05, 0.1) is 17.6 Å². The van der Waals surface area contributed by atoms with Gasteiger partial charge in [-0.2, -0.15) is 0 Å². The molecule has 0 aromatic carbocycles. The summed E-state index contributed by atoms with van der Waals surface area (Å²) in [6.07, 6.45) is 2.24. The minimum atomic E-state index is 0.898.